The zero-order chi connectivity index (χ0) is 12.1. The van der Waals surface area contributed by atoms with Crippen LogP contribution >= 0.6 is 0 Å². The lowest BCUT2D eigenvalue weighted by Crippen LogP contribution is -2.34. The van der Waals surface area contributed by atoms with Gasteiger partial charge in [-0.05, 0) is 57.7 Å². The molecule has 1 aromatic carbocycles. The Morgan fingerprint density at radius 1 is 1.29 bits per heavy atom. The molecule has 0 saturated carbocycles. The molecule has 0 spiro atoms. The van der Waals surface area contributed by atoms with E-state index in [4.69, 9.17) is 4.74 Å². The van der Waals surface area contributed by atoms with Gasteiger partial charge in [0.05, 0.1) is 0 Å². The standard InChI is InChI=1S/C14H22N2O/c1-16(2)11-12-4-3-5-14(10-12)17-13-6-8-15-9-7-13/h3-5,10,13,15H,6-9,11H2,1-2H3. The molecule has 1 aliphatic rings. The van der Waals surface area contributed by atoms with Crippen molar-refractivity contribution in [1.29, 1.82) is 0 Å². The van der Waals surface area contributed by atoms with E-state index in [1.165, 1.54) is 5.56 Å². The number of nitrogens with one attached hydrogen (secondary N) is 1. The Kier molecular flexibility index (Phi) is 4.40. The van der Waals surface area contributed by atoms with Gasteiger partial charge in [-0.15, -0.1) is 0 Å². The molecule has 0 amide bonds. The normalized spacial score (nSPS) is 17.4. The van der Waals surface area contributed by atoms with Crippen molar-refractivity contribution in [3.63, 3.8) is 0 Å². The number of rotatable bonds is 4. The molecule has 1 aliphatic heterocycles. The van der Waals surface area contributed by atoms with Gasteiger partial charge in [0.2, 0.25) is 0 Å². The lowest BCUT2D eigenvalue weighted by Gasteiger charge is -2.24. The summed E-state index contributed by atoms with van der Waals surface area (Å²) in [6.07, 6.45) is 2.60. The number of benzene rings is 1. The minimum atomic E-state index is 0.380. The van der Waals surface area contributed by atoms with Crippen LogP contribution in [-0.2, 0) is 6.54 Å². The third kappa shape index (κ3) is 4.02. The van der Waals surface area contributed by atoms with Crippen LogP contribution in [0.2, 0.25) is 0 Å². The summed E-state index contributed by atoms with van der Waals surface area (Å²) in [5, 5.41) is 3.35. The van der Waals surface area contributed by atoms with Crippen LogP contribution in [0.5, 0.6) is 5.75 Å². The van der Waals surface area contributed by atoms with E-state index < -0.39 is 0 Å². The summed E-state index contributed by atoms with van der Waals surface area (Å²) >= 11 is 0. The van der Waals surface area contributed by atoms with Gasteiger partial charge in [0.25, 0.3) is 0 Å². The van der Waals surface area contributed by atoms with Gasteiger partial charge >= 0.3 is 0 Å². The Bertz CT molecular complexity index is 346. The number of hydrogen-bond acceptors (Lipinski definition) is 3. The average molecular weight is 234 g/mol. The number of ether oxygens (including phenoxy) is 1. The van der Waals surface area contributed by atoms with Gasteiger partial charge in [-0.2, -0.15) is 0 Å². The second-order valence-electron chi connectivity index (χ2n) is 4.95. The molecule has 0 bridgehead atoms. The van der Waals surface area contributed by atoms with E-state index in [-0.39, 0.29) is 0 Å². The monoisotopic (exact) mass is 234 g/mol. The Balaban J connectivity index is 1.95. The molecule has 0 atom stereocenters. The SMILES string of the molecule is CN(C)Cc1cccc(OC2CCNCC2)c1. The first-order valence-corrected chi connectivity index (χ1v) is 6.35. The number of hydrogen-bond donors (Lipinski definition) is 1. The summed E-state index contributed by atoms with van der Waals surface area (Å²) in [6.45, 7) is 3.10. The Labute approximate surface area is 104 Å². The van der Waals surface area contributed by atoms with Crippen LogP contribution < -0.4 is 10.1 Å². The molecule has 1 aromatic rings. The van der Waals surface area contributed by atoms with Crippen molar-refractivity contribution < 1.29 is 4.74 Å². The first kappa shape index (κ1) is 12.4. The molecule has 17 heavy (non-hydrogen) atoms. The van der Waals surface area contributed by atoms with E-state index in [0.29, 0.717) is 6.10 Å². The van der Waals surface area contributed by atoms with Gasteiger partial charge in [-0.3, -0.25) is 0 Å². The van der Waals surface area contributed by atoms with E-state index in [9.17, 15) is 0 Å². The van der Waals surface area contributed by atoms with Crippen LogP contribution in [0, 0.1) is 0 Å². The lowest BCUT2D eigenvalue weighted by atomic mass is 10.1. The van der Waals surface area contributed by atoms with Crippen molar-refractivity contribution in [1.82, 2.24) is 10.2 Å². The quantitative estimate of drug-likeness (QED) is 0.861. The largest absolute Gasteiger partial charge is 0.490 e. The Hall–Kier alpha value is -1.06. The second-order valence-corrected chi connectivity index (χ2v) is 4.95. The van der Waals surface area contributed by atoms with Crippen molar-refractivity contribution in [2.24, 2.45) is 0 Å². The molecule has 94 valence electrons. The molecule has 1 saturated heterocycles. The second kappa shape index (κ2) is 6.03. The van der Waals surface area contributed by atoms with Crippen LogP contribution in [0.3, 0.4) is 0 Å². The number of nitrogens with zero attached hydrogens (tertiary/aromatic N) is 1. The van der Waals surface area contributed by atoms with Crippen LogP contribution in [0.15, 0.2) is 24.3 Å². The fourth-order valence-electron chi connectivity index (χ4n) is 2.19. The zero-order valence-corrected chi connectivity index (χ0v) is 10.8. The van der Waals surface area contributed by atoms with Crippen molar-refractivity contribution in [2.45, 2.75) is 25.5 Å². The minimum Gasteiger partial charge on any atom is -0.490 e. The smallest absolute Gasteiger partial charge is 0.120 e. The highest BCUT2D eigenvalue weighted by atomic mass is 16.5. The molecular formula is C14H22N2O. The third-order valence-electron chi connectivity index (χ3n) is 2.99. The van der Waals surface area contributed by atoms with E-state index in [1.807, 2.05) is 0 Å². The highest BCUT2D eigenvalue weighted by Gasteiger charge is 2.14. The van der Waals surface area contributed by atoms with E-state index >= 15 is 0 Å². The van der Waals surface area contributed by atoms with Gasteiger partial charge in [-0.1, -0.05) is 12.1 Å². The molecule has 1 fully saturated rings. The average Bonchev–Trinajstić information content (AvgIpc) is 2.30. The number of piperidine rings is 1. The minimum absolute atomic E-state index is 0.380. The summed E-state index contributed by atoms with van der Waals surface area (Å²) in [6, 6.07) is 8.44. The van der Waals surface area contributed by atoms with Crippen molar-refractivity contribution in [3.8, 4) is 5.75 Å². The van der Waals surface area contributed by atoms with E-state index in [2.05, 4.69) is 48.6 Å². The summed E-state index contributed by atoms with van der Waals surface area (Å²) in [7, 11) is 4.17. The van der Waals surface area contributed by atoms with Crippen molar-refractivity contribution in [3.05, 3.63) is 29.8 Å². The summed E-state index contributed by atoms with van der Waals surface area (Å²) < 4.78 is 6.02. The predicted molar refractivity (Wildman–Crippen MR) is 70.4 cm³/mol. The topological polar surface area (TPSA) is 24.5 Å². The first-order valence-electron chi connectivity index (χ1n) is 6.35. The molecule has 1 heterocycles. The van der Waals surface area contributed by atoms with Crippen molar-refractivity contribution >= 4 is 0 Å². The molecule has 1 N–H and O–H groups in total. The highest BCUT2D eigenvalue weighted by Crippen LogP contribution is 2.18. The van der Waals surface area contributed by atoms with Gasteiger partial charge in [0.1, 0.15) is 11.9 Å². The molecule has 2 rings (SSSR count). The van der Waals surface area contributed by atoms with Crippen LogP contribution in [0.25, 0.3) is 0 Å². The Morgan fingerprint density at radius 3 is 2.76 bits per heavy atom. The maximum absolute atomic E-state index is 6.02. The fraction of sp³-hybridized carbons (Fsp3) is 0.571. The van der Waals surface area contributed by atoms with Gasteiger partial charge < -0.3 is 15.0 Å². The van der Waals surface area contributed by atoms with Gasteiger partial charge in [0, 0.05) is 6.54 Å². The lowest BCUT2D eigenvalue weighted by molar-refractivity contribution is 0.162. The van der Waals surface area contributed by atoms with E-state index in [0.717, 1.165) is 38.2 Å². The van der Waals surface area contributed by atoms with Crippen LogP contribution in [0.4, 0.5) is 0 Å². The van der Waals surface area contributed by atoms with Gasteiger partial charge in [-0.25, -0.2) is 0 Å². The molecule has 0 unspecified atom stereocenters. The molecule has 0 aromatic heterocycles. The van der Waals surface area contributed by atoms with E-state index in [1.54, 1.807) is 0 Å². The maximum Gasteiger partial charge on any atom is 0.120 e. The fourth-order valence-corrected chi connectivity index (χ4v) is 2.19. The summed E-state index contributed by atoms with van der Waals surface area (Å²) in [5.41, 5.74) is 1.31. The van der Waals surface area contributed by atoms with Crippen LogP contribution in [-0.4, -0.2) is 38.2 Å². The summed E-state index contributed by atoms with van der Waals surface area (Å²) in [5.74, 6) is 1.01. The molecule has 3 nitrogen and oxygen atoms in total. The predicted octanol–water partition coefficient (Wildman–Crippen LogP) is 1.88. The van der Waals surface area contributed by atoms with Gasteiger partial charge in [0.15, 0.2) is 0 Å². The molecule has 0 aliphatic carbocycles. The highest BCUT2D eigenvalue weighted by molar-refractivity contribution is 5.28. The Morgan fingerprint density at radius 2 is 2.06 bits per heavy atom. The summed E-state index contributed by atoms with van der Waals surface area (Å²) in [4.78, 5) is 2.17. The molecule has 3 heteroatoms. The zero-order valence-electron chi connectivity index (χ0n) is 10.8. The van der Waals surface area contributed by atoms with Crippen molar-refractivity contribution in [2.75, 3.05) is 27.2 Å². The molecular weight excluding hydrogens is 212 g/mol. The van der Waals surface area contributed by atoms with Crippen LogP contribution in [0.1, 0.15) is 18.4 Å². The molecule has 0 radical (unpaired) electrons. The third-order valence-corrected chi connectivity index (χ3v) is 2.99. The maximum atomic E-state index is 6.02. The first-order chi connectivity index (χ1) is 8.24.